The van der Waals surface area contributed by atoms with Crippen LogP contribution in [0.25, 0.3) is 22.3 Å². The van der Waals surface area contributed by atoms with Crippen LogP contribution < -0.4 is 35.2 Å². The molecule has 0 bridgehead atoms. The fourth-order valence-corrected chi connectivity index (χ4v) is 16.6. The summed E-state index contributed by atoms with van der Waals surface area (Å²) in [6, 6.07) is 48.2. The van der Waals surface area contributed by atoms with Gasteiger partial charge in [0.05, 0.1) is 34.5 Å². The van der Waals surface area contributed by atoms with E-state index in [9.17, 15) is 26.3 Å². The van der Waals surface area contributed by atoms with Crippen LogP contribution in [-0.4, -0.2) is 101 Å². The molecule has 6 aromatic carbocycles. The monoisotopic (exact) mass is 1410 g/mol. The summed E-state index contributed by atoms with van der Waals surface area (Å²) >= 11 is 0. The first kappa shape index (κ1) is 71.2. The van der Waals surface area contributed by atoms with Gasteiger partial charge in [-0.05, 0) is 217 Å². The van der Waals surface area contributed by atoms with Gasteiger partial charge in [-0.2, -0.15) is 23.2 Å². The number of pyridine rings is 2. The second-order valence-electron chi connectivity index (χ2n) is 26.2. The number of aryl methyl sites for hydroxylation is 2. The lowest BCUT2D eigenvalue weighted by molar-refractivity contribution is 0.175. The number of sulfonamides is 2. The summed E-state index contributed by atoms with van der Waals surface area (Å²) in [6.07, 6.45) is 18.1. The number of hydrogen-bond donors (Lipinski definition) is 3. The molecule has 5 N–H and O–H groups in total. The lowest BCUT2D eigenvalue weighted by Gasteiger charge is -2.22. The van der Waals surface area contributed by atoms with E-state index >= 15 is 0 Å². The van der Waals surface area contributed by atoms with Crippen LogP contribution >= 0.6 is 0 Å². The predicted molar refractivity (Wildman–Crippen MR) is 387 cm³/mol. The van der Waals surface area contributed by atoms with E-state index in [4.69, 9.17) is 35.2 Å². The molecule has 4 atom stereocenters. The number of benzene rings is 6. The Morgan fingerprint density at radius 2 is 0.901 bits per heavy atom. The summed E-state index contributed by atoms with van der Waals surface area (Å²) in [6.45, 7) is 1.96. The van der Waals surface area contributed by atoms with Crippen LogP contribution in [0.4, 0.5) is 15.8 Å². The minimum Gasteiger partial charge on any atom is -0.497 e. The first-order chi connectivity index (χ1) is 48.9. The molecule has 4 aromatic heterocycles. The van der Waals surface area contributed by atoms with Gasteiger partial charge in [0.25, 0.3) is 20.0 Å². The maximum atomic E-state index is 14.1. The standard InChI is InChI=1S/C39H43N5O5S.C25H31N3O5S.C14H13FN2/c1-47-32-12-6-27(7-13-32)25-44(26-28-8-14-33(48-2)15-9-28)50(45,46)38-19-21-43(42-38)24-29-10-16-34(22-29)49-37-23-31(18-20-41-37)36-17-11-30-4-3-5-35(30)39(36)40;1-32-23-9-4-19(5-10-23)17-28(18-20-6-11-24(33-2)12-7-20)34(30,31)25-13-14-27(26-25)16-21-3-8-22(29)15-21;15-13-8-10(6-7-17-13)12-5-4-9-2-1-3-11(9)14(12)16/h6-9,11-15,17-21,23,29,34H,3-5,10,16,22,24-26,40H2,1-2H3;4-7,9-14,21-22,29H,3,8,15-18H2,1-2H3;4-8H,1-3,16H2. The number of anilines is 2. The van der Waals surface area contributed by atoms with Gasteiger partial charge in [-0.1, -0.05) is 72.8 Å². The number of nitrogens with zero attached hydrogens (tertiary/aromatic N) is 8. The number of aliphatic hydroxyl groups excluding tert-OH is 1. The van der Waals surface area contributed by atoms with Crippen molar-refractivity contribution in [3.63, 3.8) is 0 Å². The Hall–Kier alpha value is -9.65. The molecule has 4 aliphatic carbocycles. The smallest absolute Gasteiger partial charge is 0.262 e. The Kier molecular flexibility index (Phi) is 22.8. The summed E-state index contributed by atoms with van der Waals surface area (Å²) in [5, 5.41) is 18.8. The molecule has 23 heteroatoms. The third kappa shape index (κ3) is 17.6. The number of aliphatic hydroxyl groups is 1. The molecule has 0 saturated heterocycles. The number of fused-ring (bicyclic) bond motifs is 2. The van der Waals surface area contributed by atoms with E-state index < -0.39 is 26.0 Å². The van der Waals surface area contributed by atoms with Gasteiger partial charge in [0.2, 0.25) is 11.8 Å². The molecule has 0 radical (unpaired) electrons. The summed E-state index contributed by atoms with van der Waals surface area (Å²) in [5.41, 5.74) is 26.7. The van der Waals surface area contributed by atoms with Crippen molar-refractivity contribution in [3.05, 3.63) is 233 Å². The number of nitrogen functional groups attached to an aromatic ring is 2. The van der Waals surface area contributed by atoms with Crippen molar-refractivity contribution >= 4 is 31.4 Å². The molecule has 2 fully saturated rings. The quantitative estimate of drug-likeness (QED) is 0.0375. The third-order valence-electron chi connectivity index (χ3n) is 19.4. The van der Waals surface area contributed by atoms with Crippen molar-refractivity contribution < 1.29 is 50.0 Å². The molecule has 0 amide bonds. The summed E-state index contributed by atoms with van der Waals surface area (Å²) in [4.78, 5) is 8.06. The van der Waals surface area contributed by atoms with Crippen molar-refractivity contribution in [2.75, 3.05) is 39.9 Å². The molecule has 101 heavy (non-hydrogen) atoms. The summed E-state index contributed by atoms with van der Waals surface area (Å²) in [7, 11) is -1.39. The summed E-state index contributed by atoms with van der Waals surface area (Å²) in [5.74, 6) is 3.56. The van der Waals surface area contributed by atoms with Crippen LogP contribution in [0.3, 0.4) is 0 Å². The van der Waals surface area contributed by atoms with E-state index in [0.29, 0.717) is 53.8 Å². The lowest BCUT2D eigenvalue weighted by atomic mass is 9.98. The van der Waals surface area contributed by atoms with Crippen LogP contribution in [0.15, 0.2) is 193 Å². The highest BCUT2D eigenvalue weighted by molar-refractivity contribution is 7.89. The topological polar surface area (TPSA) is 255 Å². The minimum atomic E-state index is -3.93. The molecular weight excluding hydrogens is 1320 g/mol. The highest BCUT2D eigenvalue weighted by Crippen LogP contribution is 2.39. The zero-order valence-corrected chi connectivity index (χ0v) is 59.0. The average Bonchev–Trinajstić information content (AvgIpc) is 1.64. The van der Waals surface area contributed by atoms with Gasteiger partial charge in [-0.3, -0.25) is 9.36 Å². The van der Waals surface area contributed by atoms with E-state index in [1.807, 2.05) is 115 Å². The van der Waals surface area contributed by atoms with Crippen molar-refractivity contribution in [2.45, 2.75) is 139 Å². The Morgan fingerprint density at radius 1 is 0.495 bits per heavy atom. The van der Waals surface area contributed by atoms with Crippen molar-refractivity contribution in [1.29, 1.82) is 0 Å². The van der Waals surface area contributed by atoms with Crippen LogP contribution in [-0.2, 0) is 85.0 Å². The zero-order chi connectivity index (χ0) is 70.6. The van der Waals surface area contributed by atoms with Crippen molar-refractivity contribution in [2.24, 2.45) is 11.8 Å². The Morgan fingerprint density at radius 3 is 1.31 bits per heavy atom. The van der Waals surface area contributed by atoms with E-state index in [2.05, 4.69) is 38.4 Å². The van der Waals surface area contributed by atoms with Crippen LogP contribution in [0, 0.1) is 17.8 Å². The number of rotatable bonds is 24. The SMILES string of the molecule is COc1ccc(CN(Cc2ccc(OC)cc2)S(=O)(=O)c2ccn(CC3CCC(O)C3)n2)cc1.COc1ccc(CN(Cc2ccc(OC)cc2)S(=O)(=O)c2ccn(CC3CCC(Oc4cc(-c5ccc6c(c5N)CCC6)ccn4)C3)n2)cc1.Nc1c(-c2ccnc(F)c2)ccc2c1CCC2. The minimum absolute atomic E-state index is 0.0170. The lowest BCUT2D eigenvalue weighted by Crippen LogP contribution is -2.30. The van der Waals surface area contributed by atoms with Gasteiger partial charge in [-0.15, -0.1) is 0 Å². The number of ether oxygens (including phenoxy) is 5. The number of aromatic nitrogens is 6. The van der Waals surface area contributed by atoms with E-state index in [1.54, 1.807) is 74.6 Å². The van der Waals surface area contributed by atoms with Crippen LogP contribution in [0.1, 0.15) is 95.9 Å². The van der Waals surface area contributed by atoms with Crippen molar-refractivity contribution in [3.8, 4) is 51.1 Å². The number of nitrogens with two attached hydrogens (primary N) is 2. The normalized spacial score (nSPS) is 17.0. The maximum Gasteiger partial charge on any atom is 0.262 e. The predicted octanol–water partition coefficient (Wildman–Crippen LogP) is 13.1. The third-order valence-corrected chi connectivity index (χ3v) is 22.8. The second kappa shape index (κ2) is 32.3. The molecule has 4 unspecified atom stereocenters. The van der Waals surface area contributed by atoms with Crippen molar-refractivity contribution in [1.82, 2.24) is 38.1 Å². The molecule has 20 nitrogen and oxygen atoms in total. The van der Waals surface area contributed by atoms with E-state index in [0.717, 1.165) is 133 Å². The average molecular weight is 1410 g/mol. The Bertz CT molecular complexity index is 4580. The molecule has 528 valence electrons. The second-order valence-corrected chi connectivity index (χ2v) is 30.0. The van der Waals surface area contributed by atoms with Gasteiger partial charge in [0.1, 0.15) is 29.1 Å². The maximum absolute atomic E-state index is 14.1. The molecule has 4 heterocycles. The molecular formula is C78H87FN10O10S2. The molecule has 2 saturated carbocycles. The first-order valence-corrected chi connectivity index (χ1v) is 37.1. The van der Waals surface area contributed by atoms with Gasteiger partial charge in [-0.25, -0.2) is 26.8 Å². The molecule has 10 aromatic rings. The number of methoxy groups -OCH3 is 4. The van der Waals surface area contributed by atoms with Gasteiger partial charge in [0, 0.05) is 98.7 Å². The Balaban J connectivity index is 0.000000162. The fraction of sp³-hybridized carbons (Fsp3) is 0.333. The highest BCUT2D eigenvalue weighted by atomic mass is 32.2. The largest absolute Gasteiger partial charge is 0.497 e. The van der Waals surface area contributed by atoms with Gasteiger partial charge >= 0.3 is 0 Å². The molecule has 14 rings (SSSR count). The van der Waals surface area contributed by atoms with E-state index in [-0.39, 0.29) is 48.4 Å². The Labute approximate surface area is 590 Å². The summed E-state index contributed by atoms with van der Waals surface area (Å²) < 4.78 is 102. The number of hydrogen-bond acceptors (Lipinski definition) is 16. The van der Waals surface area contributed by atoms with Crippen LogP contribution in [0.5, 0.6) is 28.9 Å². The van der Waals surface area contributed by atoms with Gasteiger partial charge in [0.15, 0.2) is 10.1 Å². The number of halogens is 1. The highest BCUT2D eigenvalue weighted by Gasteiger charge is 2.33. The van der Waals surface area contributed by atoms with Gasteiger partial charge < -0.3 is 40.3 Å². The zero-order valence-electron chi connectivity index (χ0n) is 57.4. The van der Waals surface area contributed by atoms with Crippen LogP contribution in [0.2, 0.25) is 0 Å². The molecule has 4 aliphatic rings. The molecule has 0 spiro atoms. The first-order valence-electron chi connectivity index (χ1n) is 34.2. The fourth-order valence-electron chi connectivity index (χ4n) is 13.9. The van der Waals surface area contributed by atoms with E-state index in [1.165, 1.54) is 43.1 Å². The molecule has 0 aliphatic heterocycles.